The highest BCUT2D eigenvalue weighted by atomic mass is 16.7. The number of hydrogen-bond donors (Lipinski definition) is 2. The average Bonchev–Trinajstić information content (AvgIpc) is 3.65. The molecule has 1 aliphatic carbocycles. The van der Waals surface area contributed by atoms with E-state index < -0.39 is 72.5 Å². The number of carbonyl (C=O) groups excluding carboxylic acids is 5. The van der Waals surface area contributed by atoms with Crippen LogP contribution in [0.3, 0.4) is 0 Å². The van der Waals surface area contributed by atoms with E-state index in [-0.39, 0.29) is 18.8 Å². The van der Waals surface area contributed by atoms with Gasteiger partial charge in [0, 0.05) is 26.8 Å². The van der Waals surface area contributed by atoms with Crippen molar-refractivity contribution < 1.29 is 52.4 Å². The van der Waals surface area contributed by atoms with Crippen molar-refractivity contribution in [1.82, 2.24) is 10.6 Å². The quantitative estimate of drug-likeness (QED) is 0.265. The van der Waals surface area contributed by atoms with Gasteiger partial charge in [-0.15, -0.1) is 0 Å². The normalized spacial score (nSPS) is 32.5. The minimum absolute atomic E-state index is 0.0672. The van der Waals surface area contributed by atoms with Gasteiger partial charge in [-0.1, -0.05) is 30.3 Å². The summed E-state index contributed by atoms with van der Waals surface area (Å²) in [6.07, 6.45) is -5.86. The number of amides is 2. The van der Waals surface area contributed by atoms with Gasteiger partial charge >= 0.3 is 24.0 Å². The fraction of sp³-hybridized carbons (Fsp3) is 0.593. The summed E-state index contributed by atoms with van der Waals surface area (Å²) >= 11 is 0. The second-order valence-corrected chi connectivity index (χ2v) is 10.1. The van der Waals surface area contributed by atoms with Gasteiger partial charge in [-0.3, -0.25) is 19.2 Å². The highest BCUT2D eigenvalue weighted by molar-refractivity contribution is 5.81. The molecule has 3 aliphatic rings. The maximum Gasteiger partial charge on any atom is 0.407 e. The van der Waals surface area contributed by atoms with E-state index >= 15 is 0 Å². The minimum atomic E-state index is -1.32. The maximum absolute atomic E-state index is 13.6. The molecule has 1 saturated carbocycles. The second kappa shape index (κ2) is 12.6. The number of fused-ring (bicyclic) bond motifs is 1. The van der Waals surface area contributed by atoms with Crippen molar-refractivity contribution in [2.45, 2.75) is 96.0 Å². The molecule has 1 aromatic carbocycles. The third-order valence-corrected chi connectivity index (χ3v) is 6.96. The molecule has 0 radical (unpaired) electrons. The number of hydrogen-bond acceptors (Lipinski definition) is 11. The molecular formula is C27H34N2O11. The monoisotopic (exact) mass is 562 g/mol. The fourth-order valence-electron chi connectivity index (χ4n) is 5.16. The summed E-state index contributed by atoms with van der Waals surface area (Å²) in [5, 5.41) is 5.51. The lowest BCUT2D eigenvalue weighted by Crippen LogP contribution is -2.65. The second-order valence-electron chi connectivity index (χ2n) is 10.1. The van der Waals surface area contributed by atoms with Crippen LogP contribution in [0, 0.1) is 5.92 Å². The summed E-state index contributed by atoms with van der Waals surface area (Å²) in [7, 11) is 0. The largest absolute Gasteiger partial charge is 0.456 e. The average molecular weight is 563 g/mol. The molecule has 0 spiro atoms. The fourth-order valence-corrected chi connectivity index (χ4v) is 5.16. The van der Waals surface area contributed by atoms with Crippen LogP contribution in [0.25, 0.3) is 0 Å². The molecule has 2 heterocycles. The molecule has 218 valence electrons. The first-order valence-corrected chi connectivity index (χ1v) is 13.1. The molecular weight excluding hydrogens is 528 g/mol. The smallest absolute Gasteiger partial charge is 0.407 e. The van der Waals surface area contributed by atoms with Crippen molar-refractivity contribution in [3.8, 4) is 0 Å². The number of carbonyl (C=O) groups is 5. The number of nitrogens with one attached hydrogen (secondary N) is 2. The van der Waals surface area contributed by atoms with Crippen molar-refractivity contribution in [2.75, 3.05) is 0 Å². The lowest BCUT2D eigenvalue weighted by molar-refractivity contribution is -0.248. The molecule has 0 aromatic heterocycles. The van der Waals surface area contributed by atoms with Gasteiger partial charge < -0.3 is 39.1 Å². The Kier molecular flexibility index (Phi) is 9.25. The Morgan fingerprint density at radius 1 is 0.800 bits per heavy atom. The third-order valence-electron chi connectivity index (χ3n) is 6.96. The zero-order chi connectivity index (χ0) is 29.0. The minimum Gasteiger partial charge on any atom is -0.456 e. The topological polar surface area (TPSA) is 168 Å². The Hall–Kier alpha value is -3.71. The Balaban J connectivity index is 1.47. The van der Waals surface area contributed by atoms with E-state index in [1.54, 1.807) is 6.92 Å². The van der Waals surface area contributed by atoms with E-state index in [4.69, 9.17) is 28.4 Å². The molecule has 0 unspecified atom stereocenters. The maximum atomic E-state index is 13.6. The van der Waals surface area contributed by atoms with Crippen molar-refractivity contribution in [3.63, 3.8) is 0 Å². The van der Waals surface area contributed by atoms with Crippen LogP contribution in [-0.2, 0) is 54.2 Å². The van der Waals surface area contributed by atoms with E-state index in [1.807, 2.05) is 30.3 Å². The number of alkyl carbamates (subject to hydrolysis) is 1. The Labute approximate surface area is 231 Å². The summed E-state index contributed by atoms with van der Waals surface area (Å²) in [4.78, 5) is 61.7. The molecule has 0 bridgehead atoms. The van der Waals surface area contributed by atoms with E-state index in [2.05, 4.69) is 10.6 Å². The zero-order valence-electron chi connectivity index (χ0n) is 22.7. The number of ether oxygens (including phenoxy) is 6. The molecule has 9 atom stereocenters. The molecule has 13 heteroatoms. The van der Waals surface area contributed by atoms with Crippen molar-refractivity contribution in [2.24, 2.45) is 5.92 Å². The lowest BCUT2D eigenvalue weighted by atomic mass is 9.83. The SMILES string of the molecule is CC(=O)O[C@@H]1[C@H](OC(C)=O)[C@H](C)O[C@@H](NC(=O)[C@@H]2C[C@@H]3O[C@@H]3C[C@@H]2NC(=O)OCc2ccccc2)[C@H]1OC(C)=O. The number of benzene rings is 1. The summed E-state index contributed by atoms with van der Waals surface area (Å²) in [6.45, 7) is 5.13. The molecule has 1 aromatic rings. The van der Waals surface area contributed by atoms with Crippen LogP contribution >= 0.6 is 0 Å². The highest BCUT2D eigenvalue weighted by Gasteiger charge is 2.54. The highest BCUT2D eigenvalue weighted by Crippen LogP contribution is 2.40. The zero-order valence-corrected chi connectivity index (χ0v) is 22.7. The standard InChI is InChI=1S/C27H34N2O11/c1-13-22(37-14(2)30)23(38-15(3)31)24(39-16(4)32)26(36-13)29-25(33)18-10-20-21(40-20)11-19(18)28-27(34)35-12-17-8-6-5-7-9-17/h5-9,13,18-24,26H,10-12H2,1-4H3,(H,28,34)(H,29,33)/t13-,18+,19-,20-,21+,22+,23+,24-,26+/m0/s1. The molecule has 13 nitrogen and oxygen atoms in total. The van der Waals surface area contributed by atoms with Crippen LogP contribution in [-0.4, -0.2) is 78.8 Å². The van der Waals surface area contributed by atoms with Gasteiger partial charge in [-0.25, -0.2) is 4.79 Å². The molecule has 2 amide bonds. The van der Waals surface area contributed by atoms with Gasteiger partial charge in [0.05, 0.1) is 24.2 Å². The predicted molar refractivity (Wildman–Crippen MR) is 134 cm³/mol. The summed E-state index contributed by atoms with van der Waals surface area (Å²) in [6, 6.07) is 8.58. The molecule has 4 rings (SSSR count). The molecule has 2 saturated heterocycles. The van der Waals surface area contributed by atoms with E-state index in [1.165, 1.54) is 6.92 Å². The number of rotatable bonds is 8. The van der Waals surface area contributed by atoms with Crippen LogP contribution in [0.15, 0.2) is 30.3 Å². The van der Waals surface area contributed by atoms with Crippen LogP contribution in [0.2, 0.25) is 0 Å². The summed E-state index contributed by atoms with van der Waals surface area (Å²) < 4.78 is 33.0. The van der Waals surface area contributed by atoms with E-state index in [9.17, 15) is 24.0 Å². The number of epoxide rings is 1. The van der Waals surface area contributed by atoms with E-state index in [0.29, 0.717) is 12.8 Å². The van der Waals surface area contributed by atoms with Gasteiger partial charge in [0.25, 0.3) is 0 Å². The Morgan fingerprint density at radius 2 is 1.40 bits per heavy atom. The molecule has 40 heavy (non-hydrogen) atoms. The van der Waals surface area contributed by atoms with Crippen molar-refractivity contribution in [1.29, 1.82) is 0 Å². The predicted octanol–water partition coefficient (Wildman–Crippen LogP) is 1.11. The number of esters is 3. The Bertz CT molecular complexity index is 1110. The molecule has 2 N–H and O–H groups in total. The third kappa shape index (κ3) is 7.48. The van der Waals surface area contributed by atoms with Crippen LogP contribution < -0.4 is 10.6 Å². The van der Waals surface area contributed by atoms with Gasteiger partial charge in [-0.2, -0.15) is 0 Å². The van der Waals surface area contributed by atoms with Gasteiger partial charge in [0.15, 0.2) is 24.5 Å². The van der Waals surface area contributed by atoms with Crippen molar-refractivity contribution in [3.05, 3.63) is 35.9 Å². The van der Waals surface area contributed by atoms with Crippen LogP contribution in [0.1, 0.15) is 46.1 Å². The molecule has 3 fully saturated rings. The van der Waals surface area contributed by atoms with E-state index in [0.717, 1.165) is 19.4 Å². The van der Waals surface area contributed by atoms with Crippen LogP contribution in [0.5, 0.6) is 0 Å². The Morgan fingerprint density at radius 3 is 2.05 bits per heavy atom. The molecule has 2 aliphatic heterocycles. The van der Waals surface area contributed by atoms with Crippen LogP contribution in [0.4, 0.5) is 4.79 Å². The first-order chi connectivity index (χ1) is 19.0. The van der Waals surface area contributed by atoms with Gasteiger partial charge in [-0.05, 0) is 25.3 Å². The summed E-state index contributed by atoms with van der Waals surface area (Å²) in [5.74, 6) is -3.31. The first kappa shape index (κ1) is 29.3. The van der Waals surface area contributed by atoms with Gasteiger partial charge in [0.2, 0.25) is 5.91 Å². The van der Waals surface area contributed by atoms with Crippen molar-refractivity contribution >= 4 is 29.9 Å². The first-order valence-electron chi connectivity index (χ1n) is 13.1. The summed E-state index contributed by atoms with van der Waals surface area (Å²) in [5.41, 5.74) is 0.815. The lowest BCUT2D eigenvalue weighted by Gasteiger charge is -2.44. The van der Waals surface area contributed by atoms with Gasteiger partial charge in [0.1, 0.15) is 6.61 Å².